The van der Waals surface area contributed by atoms with Gasteiger partial charge in [-0.1, -0.05) is 15.9 Å². The third-order valence-electron chi connectivity index (χ3n) is 4.73. The van der Waals surface area contributed by atoms with Gasteiger partial charge in [-0.3, -0.25) is 9.69 Å². The average Bonchev–Trinajstić information content (AvgIpc) is 2.74. The lowest BCUT2D eigenvalue weighted by Gasteiger charge is -2.33. The average molecular weight is 574 g/mol. The first-order chi connectivity index (χ1) is 14.8. The van der Waals surface area contributed by atoms with Crippen LogP contribution in [0.5, 0.6) is 5.75 Å². The summed E-state index contributed by atoms with van der Waals surface area (Å²) in [5.41, 5.74) is 3.31. The van der Waals surface area contributed by atoms with E-state index in [2.05, 4.69) is 42.4 Å². The number of hydrogen-bond acceptors (Lipinski definition) is 6. The fourth-order valence-electron chi connectivity index (χ4n) is 3.06. The quantitative estimate of drug-likeness (QED) is 0.406. The fraction of sp³-hybridized carbons (Fsp3) is 0.300. The molecule has 8 nitrogen and oxygen atoms in total. The number of piperazine rings is 1. The number of hydrazone groups is 1. The van der Waals surface area contributed by atoms with Crippen molar-refractivity contribution in [2.45, 2.75) is 4.90 Å². The predicted octanol–water partition coefficient (Wildman–Crippen LogP) is 2.68. The summed E-state index contributed by atoms with van der Waals surface area (Å²) < 4.78 is 33.7. The van der Waals surface area contributed by atoms with E-state index in [1.807, 2.05) is 17.0 Å². The van der Waals surface area contributed by atoms with Gasteiger partial charge in [-0.2, -0.15) is 9.41 Å². The van der Waals surface area contributed by atoms with Crippen LogP contribution in [0.25, 0.3) is 0 Å². The van der Waals surface area contributed by atoms with Crippen LogP contribution < -0.4 is 10.2 Å². The van der Waals surface area contributed by atoms with Gasteiger partial charge in [-0.25, -0.2) is 13.8 Å². The van der Waals surface area contributed by atoms with Crippen molar-refractivity contribution >= 4 is 54.0 Å². The number of nitrogens with one attached hydrogen (secondary N) is 1. The first-order valence-corrected chi connectivity index (χ1v) is 12.5. The lowest BCUT2D eigenvalue weighted by atomic mass is 10.2. The summed E-state index contributed by atoms with van der Waals surface area (Å²) in [6.45, 7) is 1.75. The smallest absolute Gasteiger partial charge is 0.254 e. The standard InChI is InChI=1S/C20H22Br2N4O4S/c1-30-19-7-2-15(12-18(19)22)13-23-24-20(27)14-25-8-10-26(11-9-25)31(28,29)17-5-3-16(21)4-6-17/h2-7,12-13H,8-11,14H2,1H3,(H,24,27)/b23-13-. The Balaban J connectivity index is 1.47. The highest BCUT2D eigenvalue weighted by atomic mass is 79.9. The number of halogens is 2. The van der Waals surface area contributed by atoms with E-state index in [0.29, 0.717) is 31.9 Å². The van der Waals surface area contributed by atoms with Crippen molar-refractivity contribution in [1.82, 2.24) is 14.6 Å². The van der Waals surface area contributed by atoms with Crippen LogP contribution >= 0.6 is 31.9 Å². The van der Waals surface area contributed by atoms with Gasteiger partial charge in [-0.15, -0.1) is 0 Å². The van der Waals surface area contributed by atoms with Crippen molar-refractivity contribution in [3.05, 3.63) is 57.0 Å². The van der Waals surface area contributed by atoms with Crippen molar-refractivity contribution in [2.24, 2.45) is 5.10 Å². The van der Waals surface area contributed by atoms with E-state index in [9.17, 15) is 13.2 Å². The Morgan fingerprint density at radius 3 is 2.42 bits per heavy atom. The maximum absolute atomic E-state index is 12.8. The molecule has 0 saturated carbocycles. The van der Waals surface area contributed by atoms with E-state index >= 15 is 0 Å². The molecule has 1 heterocycles. The highest BCUT2D eigenvalue weighted by molar-refractivity contribution is 9.10. The zero-order chi connectivity index (χ0) is 22.4. The zero-order valence-electron chi connectivity index (χ0n) is 16.8. The molecule has 0 spiro atoms. The molecule has 3 rings (SSSR count). The summed E-state index contributed by atoms with van der Waals surface area (Å²) in [5, 5.41) is 3.98. The minimum Gasteiger partial charge on any atom is -0.496 e. The number of hydrogen-bond donors (Lipinski definition) is 1. The van der Waals surface area contributed by atoms with Gasteiger partial charge in [-0.05, 0) is 64.0 Å². The van der Waals surface area contributed by atoms with Gasteiger partial charge < -0.3 is 4.74 Å². The first-order valence-electron chi connectivity index (χ1n) is 9.43. The number of ether oxygens (including phenoxy) is 1. The van der Waals surface area contributed by atoms with Crippen LogP contribution in [-0.4, -0.2) is 69.6 Å². The summed E-state index contributed by atoms with van der Waals surface area (Å²) in [6, 6.07) is 12.0. The van der Waals surface area contributed by atoms with Crippen LogP contribution in [-0.2, 0) is 14.8 Å². The topological polar surface area (TPSA) is 91.3 Å². The maximum Gasteiger partial charge on any atom is 0.254 e. The predicted molar refractivity (Wildman–Crippen MR) is 126 cm³/mol. The lowest BCUT2D eigenvalue weighted by Crippen LogP contribution is -2.50. The number of benzene rings is 2. The van der Waals surface area contributed by atoms with Crippen LogP contribution in [0.15, 0.2) is 61.4 Å². The van der Waals surface area contributed by atoms with Crippen LogP contribution in [0.3, 0.4) is 0 Å². The van der Waals surface area contributed by atoms with E-state index < -0.39 is 10.0 Å². The normalized spacial score (nSPS) is 15.8. The minimum atomic E-state index is -3.54. The molecular formula is C20H22Br2N4O4S. The van der Waals surface area contributed by atoms with Crippen molar-refractivity contribution in [1.29, 1.82) is 0 Å². The SMILES string of the molecule is COc1ccc(/C=N\NC(=O)CN2CCN(S(=O)(=O)c3ccc(Br)cc3)CC2)cc1Br. The van der Waals surface area contributed by atoms with Crippen LogP contribution in [0.1, 0.15) is 5.56 Å². The molecule has 1 saturated heterocycles. The van der Waals surface area contributed by atoms with Crippen LogP contribution in [0.4, 0.5) is 0 Å². The van der Waals surface area contributed by atoms with E-state index in [4.69, 9.17) is 4.74 Å². The second-order valence-corrected chi connectivity index (χ2v) is 10.5. The molecule has 0 aromatic heterocycles. The molecule has 2 aromatic carbocycles. The van der Waals surface area contributed by atoms with Gasteiger partial charge in [0.1, 0.15) is 5.75 Å². The number of sulfonamides is 1. The zero-order valence-corrected chi connectivity index (χ0v) is 20.8. The molecule has 1 fully saturated rings. The Morgan fingerprint density at radius 1 is 1.13 bits per heavy atom. The highest BCUT2D eigenvalue weighted by Gasteiger charge is 2.28. The molecule has 0 radical (unpaired) electrons. The van der Waals surface area contributed by atoms with E-state index in [1.54, 1.807) is 43.7 Å². The first kappa shape index (κ1) is 23.9. The van der Waals surface area contributed by atoms with E-state index in [1.165, 1.54) is 4.31 Å². The van der Waals surface area contributed by atoms with Gasteiger partial charge in [0.2, 0.25) is 10.0 Å². The van der Waals surface area contributed by atoms with Crippen molar-refractivity contribution in [2.75, 3.05) is 39.8 Å². The molecule has 1 amide bonds. The number of rotatable bonds is 7. The minimum absolute atomic E-state index is 0.149. The molecule has 1 aliphatic rings. The monoisotopic (exact) mass is 572 g/mol. The molecule has 166 valence electrons. The lowest BCUT2D eigenvalue weighted by molar-refractivity contribution is -0.122. The molecule has 0 atom stereocenters. The molecule has 1 aliphatic heterocycles. The maximum atomic E-state index is 12.8. The summed E-state index contributed by atoms with van der Waals surface area (Å²) >= 11 is 6.71. The summed E-state index contributed by atoms with van der Waals surface area (Å²) in [6.07, 6.45) is 1.55. The Kier molecular flexibility index (Phi) is 8.23. The summed E-state index contributed by atoms with van der Waals surface area (Å²) in [7, 11) is -1.95. The van der Waals surface area contributed by atoms with Gasteiger partial charge in [0.05, 0.1) is 29.2 Å². The second-order valence-electron chi connectivity index (χ2n) is 6.82. The fourth-order valence-corrected chi connectivity index (χ4v) is 5.31. The number of carbonyl (C=O) groups excluding carboxylic acids is 1. The highest BCUT2D eigenvalue weighted by Crippen LogP contribution is 2.24. The number of carbonyl (C=O) groups is 1. The van der Waals surface area contributed by atoms with Crippen LogP contribution in [0.2, 0.25) is 0 Å². The summed E-state index contributed by atoms with van der Waals surface area (Å²) in [5.74, 6) is 0.454. The van der Waals surface area contributed by atoms with Gasteiger partial charge in [0.15, 0.2) is 0 Å². The second kappa shape index (κ2) is 10.7. The van der Waals surface area contributed by atoms with Crippen molar-refractivity contribution < 1.29 is 17.9 Å². The third-order valence-corrected chi connectivity index (χ3v) is 7.79. The molecule has 11 heteroatoms. The van der Waals surface area contributed by atoms with Gasteiger partial charge >= 0.3 is 0 Å². The molecule has 31 heavy (non-hydrogen) atoms. The number of nitrogens with zero attached hydrogens (tertiary/aromatic N) is 3. The number of amides is 1. The van der Waals surface area contributed by atoms with Gasteiger partial charge in [0, 0.05) is 30.7 Å². The van der Waals surface area contributed by atoms with Crippen molar-refractivity contribution in [3.8, 4) is 5.75 Å². The Labute approximate surface area is 198 Å². The largest absolute Gasteiger partial charge is 0.496 e. The molecule has 1 N–H and O–H groups in total. The Bertz CT molecular complexity index is 1050. The number of methoxy groups -OCH3 is 1. The van der Waals surface area contributed by atoms with Crippen molar-refractivity contribution in [3.63, 3.8) is 0 Å². The van der Waals surface area contributed by atoms with Crippen LogP contribution in [0, 0.1) is 0 Å². The molecule has 2 aromatic rings. The molecular weight excluding hydrogens is 552 g/mol. The van der Waals surface area contributed by atoms with E-state index in [0.717, 1.165) is 14.5 Å². The molecule has 0 aliphatic carbocycles. The molecule has 0 bridgehead atoms. The summed E-state index contributed by atoms with van der Waals surface area (Å²) in [4.78, 5) is 14.3. The molecule has 0 unspecified atom stereocenters. The Hall–Kier alpha value is -1.79. The third kappa shape index (κ3) is 6.36. The Morgan fingerprint density at radius 2 is 1.81 bits per heavy atom. The van der Waals surface area contributed by atoms with E-state index in [-0.39, 0.29) is 17.3 Å². The van der Waals surface area contributed by atoms with Gasteiger partial charge in [0.25, 0.3) is 5.91 Å².